The van der Waals surface area contributed by atoms with Gasteiger partial charge < -0.3 is 20.7 Å². The average Bonchev–Trinajstić information content (AvgIpc) is 2.48. The summed E-state index contributed by atoms with van der Waals surface area (Å²) < 4.78 is 5.39. The van der Waals surface area contributed by atoms with Crippen LogP contribution in [0, 0.1) is 11.3 Å². The van der Waals surface area contributed by atoms with E-state index in [1.165, 1.54) is 0 Å². The lowest BCUT2D eigenvalue weighted by atomic mass is 10.1. The third-order valence-corrected chi connectivity index (χ3v) is 3.27. The van der Waals surface area contributed by atoms with Crippen LogP contribution in [0.1, 0.15) is 12.5 Å². The number of morpholine rings is 1. The molecule has 1 unspecified atom stereocenters. The number of nitrogens with one attached hydrogen (secondary N) is 1. The van der Waals surface area contributed by atoms with Crippen LogP contribution in [0.3, 0.4) is 0 Å². The Bertz CT molecular complexity index is 538. The van der Waals surface area contributed by atoms with Gasteiger partial charge >= 0.3 is 0 Å². The Kier molecular flexibility index (Phi) is 4.43. The number of carbonyl (C=O) groups excluding carboxylic acids is 1. The molecule has 20 heavy (non-hydrogen) atoms. The van der Waals surface area contributed by atoms with E-state index in [-0.39, 0.29) is 11.9 Å². The van der Waals surface area contributed by atoms with E-state index < -0.39 is 0 Å². The second-order valence-corrected chi connectivity index (χ2v) is 4.56. The van der Waals surface area contributed by atoms with Crippen LogP contribution in [0.25, 0.3) is 0 Å². The van der Waals surface area contributed by atoms with Crippen molar-refractivity contribution in [2.45, 2.75) is 13.0 Å². The van der Waals surface area contributed by atoms with Crippen LogP contribution >= 0.6 is 0 Å². The van der Waals surface area contributed by atoms with Gasteiger partial charge in [-0.3, -0.25) is 4.79 Å². The predicted octanol–water partition coefficient (Wildman–Crippen LogP) is 0.482. The Morgan fingerprint density at radius 1 is 1.65 bits per heavy atom. The van der Waals surface area contributed by atoms with Crippen molar-refractivity contribution >= 4 is 17.3 Å². The number of carbonyl (C=O) groups is 1. The van der Waals surface area contributed by atoms with E-state index >= 15 is 0 Å². The van der Waals surface area contributed by atoms with Gasteiger partial charge in [0, 0.05) is 24.5 Å². The van der Waals surface area contributed by atoms with Gasteiger partial charge in [0.25, 0.3) is 0 Å². The molecule has 0 spiro atoms. The topological polar surface area (TPSA) is 91.4 Å². The van der Waals surface area contributed by atoms with E-state index in [4.69, 9.17) is 15.7 Å². The van der Waals surface area contributed by atoms with Crippen LogP contribution in [-0.2, 0) is 9.53 Å². The van der Waals surface area contributed by atoms with E-state index in [1.807, 2.05) is 17.9 Å². The van der Waals surface area contributed by atoms with Gasteiger partial charge in [0.1, 0.15) is 12.1 Å². The van der Waals surface area contributed by atoms with Gasteiger partial charge in [0.05, 0.1) is 18.8 Å². The first-order chi connectivity index (χ1) is 9.67. The lowest BCUT2D eigenvalue weighted by Crippen LogP contribution is -2.54. The summed E-state index contributed by atoms with van der Waals surface area (Å²) in [6.07, 6.45) is 0. The number of nitrogens with two attached hydrogens (primary N) is 1. The van der Waals surface area contributed by atoms with Gasteiger partial charge in [-0.2, -0.15) is 5.26 Å². The first-order valence-electron chi connectivity index (χ1n) is 6.59. The molecule has 1 heterocycles. The Labute approximate surface area is 118 Å². The molecule has 0 bridgehead atoms. The highest BCUT2D eigenvalue weighted by molar-refractivity contribution is 5.86. The summed E-state index contributed by atoms with van der Waals surface area (Å²) >= 11 is 0. The minimum atomic E-state index is -0.376. The van der Waals surface area contributed by atoms with Crippen molar-refractivity contribution in [3.8, 4) is 6.07 Å². The number of hydrogen-bond donors (Lipinski definition) is 2. The second kappa shape index (κ2) is 6.26. The number of ether oxygens (including phenoxy) is 1. The maximum atomic E-state index is 12.1. The molecule has 1 aliphatic rings. The Balaban J connectivity index is 2.28. The minimum absolute atomic E-state index is 0.0671. The average molecular weight is 274 g/mol. The van der Waals surface area contributed by atoms with E-state index in [9.17, 15) is 4.79 Å². The SMILES string of the molecule is CCNC(=O)C1COCCN1c1ccc(N)c(C#N)c1. The lowest BCUT2D eigenvalue weighted by Gasteiger charge is -2.36. The monoisotopic (exact) mass is 274 g/mol. The Hall–Kier alpha value is -2.26. The number of rotatable bonds is 3. The summed E-state index contributed by atoms with van der Waals surface area (Å²) in [5.41, 5.74) is 7.41. The summed E-state index contributed by atoms with van der Waals surface area (Å²) in [6, 6.07) is 6.92. The molecule has 1 atom stereocenters. The summed E-state index contributed by atoms with van der Waals surface area (Å²) in [7, 11) is 0. The molecule has 1 aromatic carbocycles. The summed E-state index contributed by atoms with van der Waals surface area (Å²) in [5, 5.41) is 11.9. The smallest absolute Gasteiger partial charge is 0.245 e. The maximum Gasteiger partial charge on any atom is 0.245 e. The van der Waals surface area contributed by atoms with Crippen molar-refractivity contribution in [1.82, 2.24) is 5.32 Å². The largest absolute Gasteiger partial charge is 0.398 e. The number of likely N-dealkylation sites (N-methyl/N-ethyl adjacent to an activating group) is 1. The van der Waals surface area contributed by atoms with Crippen LogP contribution < -0.4 is 16.0 Å². The number of nitriles is 1. The van der Waals surface area contributed by atoms with Crippen molar-refractivity contribution in [3.05, 3.63) is 23.8 Å². The van der Waals surface area contributed by atoms with Crippen LogP contribution in [0.15, 0.2) is 18.2 Å². The lowest BCUT2D eigenvalue weighted by molar-refractivity contribution is -0.124. The maximum absolute atomic E-state index is 12.1. The molecule has 1 aliphatic heterocycles. The zero-order chi connectivity index (χ0) is 14.5. The van der Waals surface area contributed by atoms with Crippen molar-refractivity contribution in [1.29, 1.82) is 5.26 Å². The number of hydrogen-bond acceptors (Lipinski definition) is 5. The van der Waals surface area contributed by atoms with E-state index in [1.54, 1.807) is 12.1 Å². The number of benzene rings is 1. The third-order valence-electron chi connectivity index (χ3n) is 3.27. The molecule has 2 rings (SSSR count). The normalized spacial score (nSPS) is 18.4. The molecule has 1 fully saturated rings. The fourth-order valence-electron chi connectivity index (χ4n) is 2.24. The van der Waals surface area contributed by atoms with Gasteiger partial charge in [-0.25, -0.2) is 0 Å². The molecule has 106 valence electrons. The van der Waals surface area contributed by atoms with Gasteiger partial charge in [0.15, 0.2) is 0 Å². The number of nitrogens with zero attached hydrogens (tertiary/aromatic N) is 2. The molecular weight excluding hydrogens is 256 g/mol. The highest BCUT2D eigenvalue weighted by Gasteiger charge is 2.29. The fraction of sp³-hybridized carbons (Fsp3) is 0.429. The number of anilines is 2. The van der Waals surface area contributed by atoms with Gasteiger partial charge in [-0.1, -0.05) is 0 Å². The zero-order valence-corrected chi connectivity index (χ0v) is 11.4. The quantitative estimate of drug-likeness (QED) is 0.782. The molecule has 0 radical (unpaired) electrons. The van der Waals surface area contributed by atoms with Crippen molar-refractivity contribution < 1.29 is 9.53 Å². The van der Waals surface area contributed by atoms with Crippen LogP contribution in [-0.4, -0.2) is 38.3 Å². The van der Waals surface area contributed by atoms with Crippen molar-refractivity contribution in [3.63, 3.8) is 0 Å². The first-order valence-corrected chi connectivity index (χ1v) is 6.59. The number of nitrogen functional groups attached to an aromatic ring is 1. The minimum Gasteiger partial charge on any atom is -0.398 e. The fourth-order valence-corrected chi connectivity index (χ4v) is 2.24. The van der Waals surface area contributed by atoms with Gasteiger partial charge in [-0.15, -0.1) is 0 Å². The van der Waals surface area contributed by atoms with E-state index in [2.05, 4.69) is 11.4 Å². The molecule has 6 heteroatoms. The predicted molar refractivity (Wildman–Crippen MR) is 76.2 cm³/mol. The molecule has 0 saturated carbocycles. The molecule has 0 aromatic heterocycles. The van der Waals surface area contributed by atoms with Crippen molar-refractivity contribution in [2.75, 3.05) is 36.9 Å². The summed E-state index contributed by atoms with van der Waals surface area (Å²) in [6.45, 7) is 3.97. The molecule has 0 aliphatic carbocycles. The van der Waals surface area contributed by atoms with Gasteiger partial charge in [-0.05, 0) is 25.1 Å². The highest BCUT2D eigenvalue weighted by atomic mass is 16.5. The van der Waals surface area contributed by atoms with Crippen LogP contribution in [0.5, 0.6) is 0 Å². The van der Waals surface area contributed by atoms with Crippen molar-refractivity contribution in [2.24, 2.45) is 0 Å². The van der Waals surface area contributed by atoms with Gasteiger partial charge in [0.2, 0.25) is 5.91 Å². The molecule has 1 saturated heterocycles. The van der Waals surface area contributed by atoms with Crippen LogP contribution in [0.4, 0.5) is 11.4 Å². The Morgan fingerprint density at radius 3 is 3.15 bits per heavy atom. The summed E-state index contributed by atoms with van der Waals surface area (Å²) in [4.78, 5) is 14.0. The Morgan fingerprint density at radius 2 is 2.45 bits per heavy atom. The molecule has 1 aromatic rings. The standard InChI is InChI=1S/C14H18N4O2/c1-2-17-14(19)13-9-20-6-5-18(13)11-3-4-12(16)10(7-11)8-15/h3-4,7,13H,2,5-6,9,16H2,1H3,(H,17,19). The van der Waals surface area contributed by atoms with E-state index in [0.29, 0.717) is 37.6 Å². The third kappa shape index (κ3) is 2.83. The number of amides is 1. The first kappa shape index (κ1) is 14.2. The molecule has 3 N–H and O–H groups in total. The van der Waals surface area contributed by atoms with E-state index in [0.717, 1.165) is 5.69 Å². The molecule has 6 nitrogen and oxygen atoms in total. The zero-order valence-electron chi connectivity index (χ0n) is 11.4. The summed E-state index contributed by atoms with van der Waals surface area (Å²) in [5.74, 6) is -0.0671. The highest BCUT2D eigenvalue weighted by Crippen LogP contribution is 2.24. The second-order valence-electron chi connectivity index (χ2n) is 4.56. The molecular formula is C14H18N4O2. The van der Waals surface area contributed by atoms with Crippen LogP contribution in [0.2, 0.25) is 0 Å². The molecule has 1 amide bonds.